The zero-order valence-corrected chi connectivity index (χ0v) is 11.5. The maximum absolute atomic E-state index is 12.3. The number of carbonyl (C=O) groups is 1. The van der Waals surface area contributed by atoms with Crippen LogP contribution in [0.1, 0.15) is 16.9 Å². The van der Waals surface area contributed by atoms with Crippen LogP contribution in [0.3, 0.4) is 0 Å². The van der Waals surface area contributed by atoms with Crippen molar-refractivity contribution >= 4 is 22.5 Å². The second kappa shape index (κ2) is 5.57. The summed E-state index contributed by atoms with van der Waals surface area (Å²) in [6.45, 7) is 0.0421. The zero-order chi connectivity index (χ0) is 15.7. The van der Waals surface area contributed by atoms with Crippen molar-refractivity contribution in [3.63, 3.8) is 0 Å². The Morgan fingerprint density at radius 2 is 2.32 bits per heavy atom. The fraction of sp³-hybridized carbons (Fsp3) is 0.286. The molecule has 8 nitrogen and oxygen atoms in total. The third-order valence-electron chi connectivity index (χ3n) is 3.70. The number of nitrogens with one attached hydrogen (secondary N) is 2. The summed E-state index contributed by atoms with van der Waals surface area (Å²) in [7, 11) is 0. The van der Waals surface area contributed by atoms with E-state index in [1.165, 1.54) is 18.2 Å². The standard InChI is InChI=1S/C14H14N4O4/c19-7-8-1-2-9(5-8)15-14(20)13-11-6-10(18(21)22)3-4-12(11)16-17-13/h1-4,6,8-9,19H,5,7H2,(H,15,20)(H,16,17)/t8-,9+/m0/s1. The van der Waals surface area contributed by atoms with Gasteiger partial charge in [-0.05, 0) is 12.5 Å². The molecule has 3 rings (SSSR count). The van der Waals surface area contributed by atoms with Gasteiger partial charge < -0.3 is 10.4 Å². The number of aromatic amines is 1. The molecule has 1 aromatic heterocycles. The van der Waals surface area contributed by atoms with Gasteiger partial charge in [-0.1, -0.05) is 12.2 Å². The molecular weight excluding hydrogens is 288 g/mol. The van der Waals surface area contributed by atoms with E-state index < -0.39 is 10.8 Å². The number of nitrogens with zero attached hydrogens (tertiary/aromatic N) is 2. The van der Waals surface area contributed by atoms with Crippen LogP contribution in [-0.4, -0.2) is 38.8 Å². The number of fused-ring (bicyclic) bond motifs is 1. The van der Waals surface area contributed by atoms with Crippen molar-refractivity contribution in [2.45, 2.75) is 12.5 Å². The number of aliphatic hydroxyl groups excluding tert-OH is 1. The summed E-state index contributed by atoms with van der Waals surface area (Å²) in [4.78, 5) is 22.6. The molecule has 0 saturated carbocycles. The first-order valence-corrected chi connectivity index (χ1v) is 6.81. The second-order valence-electron chi connectivity index (χ2n) is 5.20. The topological polar surface area (TPSA) is 121 Å². The van der Waals surface area contributed by atoms with E-state index in [1.807, 2.05) is 12.2 Å². The van der Waals surface area contributed by atoms with Gasteiger partial charge >= 0.3 is 0 Å². The lowest BCUT2D eigenvalue weighted by Crippen LogP contribution is -2.33. The molecule has 0 spiro atoms. The van der Waals surface area contributed by atoms with Crippen LogP contribution < -0.4 is 5.32 Å². The Hall–Kier alpha value is -2.74. The number of H-pyrrole nitrogens is 1. The van der Waals surface area contributed by atoms with E-state index in [1.54, 1.807) is 0 Å². The van der Waals surface area contributed by atoms with Crippen LogP contribution in [0.5, 0.6) is 0 Å². The van der Waals surface area contributed by atoms with Crippen LogP contribution in [0.2, 0.25) is 0 Å². The van der Waals surface area contributed by atoms with Gasteiger partial charge in [0.15, 0.2) is 5.69 Å². The molecule has 2 aromatic rings. The minimum absolute atomic E-state index is 0.0421. The number of amides is 1. The van der Waals surface area contributed by atoms with Crippen molar-refractivity contribution in [2.75, 3.05) is 6.61 Å². The maximum Gasteiger partial charge on any atom is 0.272 e. The first-order chi connectivity index (χ1) is 10.6. The van der Waals surface area contributed by atoms with E-state index in [0.717, 1.165) is 0 Å². The molecule has 1 aliphatic rings. The van der Waals surface area contributed by atoms with Gasteiger partial charge in [-0.25, -0.2) is 0 Å². The normalized spacial score (nSPS) is 20.4. The number of hydrogen-bond donors (Lipinski definition) is 3. The van der Waals surface area contributed by atoms with Crippen LogP contribution in [0.15, 0.2) is 30.4 Å². The first kappa shape index (κ1) is 14.2. The Morgan fingerprint density at radius 1 is 1.50 bits per heavy atom. The zero-order valence-electron chi connectivity index (χ0n) is 11.5. The van der Waals surface area contributed by atoms with Gasteiger partial charge in [0.05, 0.1) is 10.4 Å². The third-order valence-corrected chi connectivity index (χ3v) is 3.70. The molecule has 114 valence electrons. The van der Waals surface area contributed by atoms with Gasteiger partial charge in [0.2, 0.25) is 0 Å². The molecule has 3 N–H and O–H groups in total. The number of aromatic nitrogens is 2. The largest absolute Gasteiger partial charge is 0.396 e. The van der Waals surface area contributed by atoms with Gasteiger partial charge in [0.1, 0.15) is 0 Å². The maximum atomic E-state index is 12.3. The number of benzene rings is 1. The smallest absolute Gasteiger partial charge is 0.272 e. The molecule has 0 radical (unpaired) electrons. The molecule has 2 atom stereocenters. The Labute approximate surface area is 125 Å². The molecule has 1 heterocycles. The lowest BCUT2D eigenvalue weighted by molar-refractivity contribution is -0.384. The highest BCUT2D eigenvalue weighted by atomic mass is 16.6. The van der Waals surface area contributed by atoms with Crippen LogP contribution in [-0.2, 0) is 0 Å². The monoisotopic (exact) mass is 302 g/mol. The quantitative estimate of drug-likeness (QED) is 0.444. The Balaban J connectivity index is 1.83. The van der Waals surface area contributed by atoms with Crippen LogP contribution >= 0.6 is 0 Å². The van der Waals surface area contributed by atoms with Crippen molar-refractivity contribution in [1.29, 1.82) is 0 Å². The summed E-state index contributed by atoms with van der Waals surface area (Å²) in [5, 5.41) is 29.8. The van der Waals surface area contributed by atoms with E-state index in [2.05, 4.69) is 15.5 Å². The minimum atomic E-state index is -0.514. The second-order valence-corrected chi connectivity index (χ2v) is 5.20. The van der Waals surface area contributed by atoms with E-state index in [4.69, 9.17) is 5.11 Å². The fourth-order valence-electron chi connectivity index (χ4n) is 2.54. The Kier molecular flexibility index (Phi) is 3.60. The van der Waals surface area contributed by atoms with Crippen molar-refractivity contribution in [2.24, 2.45) is 5.92 Å². The summed E-state index contributed by atoms with van der Waals surface area (Å²) in [6.07, 6.45) is 4.32. The molecule has 0 aliphatic heterocycles. The number of aliphatic hydroxyl groups is 1. The average molecular weight is 302 g/mol. The van der Waals surface area contributed by atoms with E-state index >= 15 is 0 Å². The SMILES string of the molecule is O=C(N[C@@H]1C=C[C@H](CO)C1)c1n[nH]c2ccc([N+](=O)[O-])cc12. The number of carbonyl (C=O) groups excluding carboxylic acids is 1. The molecule has 1 amide bonds. The van der Waals surface area contributed by atoms with Gasteiger partial charge in [0.25, 0.3) is 11.6 Å². The van der Waals surface area contributed by atoms with Crippen LogP contribution in [0, 0.1) is 16.0 Å². The van der Waals surface area contributed by atoms with Crippen LogP contribution in [0.4, 0.5) is 5.69 Å². The highest BCUT2D eigenvalue weighted by Crippen LogP contribution is 2.23. The predicted molar refractivity (Wildman–Crippen MR) is 78.3 cm³/mol. The highest BCUT2D eigenvalue weighted by molar-refractivity contribution is 6.05. The van der Waals surface area contributed by atoms with Gasteiger partial charge in [-0.15, -0.1) is 0 Å². The number of non-ortho nitro benzene ring substituents is 1. The van der Waals surface area contributed by atoms with E-state index in [0.29, 0.717) is 17.3 Å². The Bertz CT molecular complexity index is 767. The van der Waals surface area contributed by atoms with Crippen LogP contribution in [0.25, 0.3) is 10.9 Å². The molecule has 1 aromatic carbocycles. The van der Waals surface area contributed by atoms with Crippen molar-refractivity contribution in [1.82, 2.24) is 15.5 Å². The summed E-state index contributed by atoms with van der Waals surface area (Å²) in [5.74, 6) is -0.359. The summed E-state index contributed by atoms with van der Waals surface area (Å²) in [6, 6.07) is 4.03. The summed E-state index contributed by atoms with van der Waals surface area (Å²) in [5.41, 5.74) is 0.592. The average Bonchev–Trinajstić information content (AvgIpc) is 3.12. The number of rotatable bonds is 4. The molecule has 8 heteroatoms. The van der Waals surface area contributed by atoms with Crippen molar-refractivity contribution in [3.8, 4) is 0 Å². The lowest BCUT2D eigenvalue weighted by Gasteiger charge is -2.11. The first-order valence-electron chi connectivity index (χ1n) is 6.81. The van der Waals surface area contributed by atoms with Gasteiger partial charge in [0, 0.05) is 36.1 Å². The molecule has 0 bridgehead atoms. The predicted octanol–water partition coefficient (Wildman–Crippen LogP) is 1.14. The third kappa shape index (κ3) is 2.56. The van der Waals surface area contributed by atoms with Crippen molar-refractivity contribution in [3.05, 3.63) is 46.2 Å². The molecule has 1 aliphatic carbocycles. The molecule has 0 unspecified atom stereocenters. The minimum Gasteiger partial charge on any atom is -0.396 e. The molecular formula is C14H14N4O4. The van der Waals surface area contributed by atoms with Gasteiger partial charge in [-0.2, -0.15) is 5.10 Å². The summed E-state index contributed by atoms with van der Waals surface area (Å²) < 4.78 is 0. The Morgan fingerprint density at radius 3 is 3.00 bits per heavy atom. The molecule has 22 heavy (non-hydrogen) atoms. The lowest BCUT2D eigenvalue weighted by atomic mass is 10.1. The van der Waals surface area contributed by atoms with Gasteiger partial charge in [-0.3, -0.25) is 20.0 Å². The number of nitro groups is 1. The molecule has 0 fully saturated rings. The number of nitro benzene ring substituents is 1. The van der Waals surface area contributed by atoms with Crippen molar-refractivity contribution < 1.29 is 14.8 Å². The number of hydrogen-bond acceptors (Lipinski definition) is 5. The molecule has 0 saturated heterocycles. The fourth-order valence-corrected chi connectivity index (χ4v) is 2.54. The highest BCUT2D eigenvalue weighted by Gasteiger charge is 2.23. The van der Waals surface area contributed by atoms with E-state index in [-0.39, 0.29) is 29.9 Å². The van der Waals surface area contributed by atoms with E-state index in [9.17, 15) is 14.9 Å². The summed E-state index contributed by atoms with van der Waals surface area (Å²) >= 11 is 0.